The molecule has 1 aliphatic heterocycles. The zero-order chi connectivity index (χ0) is 17.5. The molecule has 1 saturated heterocycles. The minimum Gasteiger partial charge on any atom is -0.506 e. The average Bonchev–Trinajstić information content (AvgIpc) is 2.66. The van der Waals surface area contributed by atoms with E-state index < -0.39 is 39.9 Å². The van der Waals surface area contributed by atoms with E-state index in [9.17, 15) is 18.3 Å². The summed E-state index contributed by atoms with van der Waals surface area (Å²) in [6, 6.07) is 1.42. The number of benzene rings is 1. The molecule has 3 N–H and O–H groups in total. The molecule has 0 unspecified atom stereocenters. The monoisotopic (exact) mass is 357 g/mol. The van der Waals surface area contributed by atoms with Crippen LogP contribution >= 0.6 is 0 Å². The summed E-state index contributed by atoms with van der Waals surface area (Å²) >= 11 is 0. The van der Waals surface area contributed by atoms with Crippen LogP contribution in [0.3, 0.4) is 0 Å². The van der Waals surface area contributed by atoms with Gasteiger partial charge in [-0.15, -0.1) is 0 Å². The molecular formula is C15H20FN3O4S. The molecule has 24 heavy (non-hydrogen) atoms. The Labute approximate surface area is 140 Å². The van der Waals surface area contributed by atoms with Crippen LogP contribution in [-0.2, 0) is 27.8 Å². The molecule has 3 rings (SSSR count). The number of fused-ring (bicyclic) bond motifs is 1. The van der Waals surface area contributed by atoms with Crippen LogP contribution in [-0.4, -0.2) is 39.6 Å². The maximum absolute atomic E-state index is 15.0. The van der Waals surface area contributed by atoms with Crippen LogP contribution in [0.1, 0.15) is 24.0 Å². The first-order valence-electron chi connectivity index (χ1n) is 7.84. The fourth-order valence-electron chi connectivity index (χ4n) is 3.44. The van der Waals surface area contributed by atoms with Gasteiger partial charge in [0.1, 0.15) is 18.0 Å². The Morgan fingerprint density at radius 3 is 2.75 bits per heavy atom. The Morgan fingerprint density at radius 1 is 1.42 bits per heavy atom. The molecule has 1 aromatic carbocycles. The number of carbonyl (C=O) groups is 1. The standard InChI is InChI=1S/C15H20FN3O4S/c1-17-7-9-2-4-10-6-12(20)15(14(16)11(10)5-3-9)19-8-13(21)18-24(19,22)23/h6,9,17,20H,2-5,7-8H2,1H3,(H,18,21)/t9-/m1/s1. The second-order valence-electron chi connectivity index (χ2n) is 6.23. The van der Waals surface area contributed by atoms with Crippen LogP contribution < -0.4 is 14.3 Å². The number of nitrogens with one attached hydrogen (secondary N) is 2. The highest BCUT2D eigenvalue weighted by Gasteiger charge is 2.38. The highest BCUT2D eigenvalue weighted by atomic mass is 32.2. The van der Waals surface area contributed by atoms with Gasteiger partial charge < -0.3 is 10.4 Å². The molecule has 1 aliphatic carbocycles. The fraction of sp³-hybridized carbons (Fsp3) is 0.533. The lowest BCUT2D eigenvalue weighted by Crippen LogP contribution is -2.30. The van der Waals surface area contributed by atoms with Gasteiger partial charge in [0.25, 0.3) is 5.91 Å². The first-order valence-corrected chi connectivity index (χ1v) is 9.28. The summed E-state index contributed by atoms with van der Waals surface area (Å²) in [6.07, 6.45) is 2.74. The van der Waals surface area contributed by atoms with E-state index >= 15 is 4.39 Å². The van der Waals surface area contributed by atoms with Crippen molar-refractivity contribution in [2.24, 2.45) is 5.92 Å². The Kier molecular flexibility index (Phi) is 4.39. The van der Waals surface area contributed by atoms with Crippen molar-refractivity contribution in [3.8, 4) is 5.75 Å². The maximum Gasteiger partial charge on any atom is 0.326 e. The molecule has 0 spiro atoms. The van der Waals surface area contributed by atoms with E-state index in [4.69, 9.17) is 0 Å². The predicted molar refractivity (Wildman–Crippen MR) is 86.5 cm³/mol. The Hall–Kier alpha value is -1.87. The summed E-state index contributed by atoms with van der Waals surface area (Å²) in [5.74, 6) is -1.57. The largest absolute Gasteiger partial charge is 0.506 e. The number of halogens is 1. The minimum absolute atomic E-state index is 0.395. The van der Waals surface area contributed by atoms with Gasteiger partial charge in [-0.25, -0.2) is 13.4 Å². The summed E-state index contributed by atoms with van der Waals surface area (Å²) in [7, 11) is -2.30. The lowest BCUT2D eigenvalue weighted by molar-refractivity contribution is -0.117. The van der Waals surface area contributed by atoms with Gasteiger partial charge in [0, 0.05) is 0 Å². The number of hydrogen-bond acceptors (Lipinski definition) is 5. The summed E-state index contributed by atoms with van der Waals surface area (Å²) < 4.78 is 41.3. The average molecular weight is 357 g/mol. The smallest absolute Gasteiger partial charge is 0.326 e. The molecular weight excluding hydrogens is 337 g/mol. The zero-order valence-electron chi connectivity index (χ0n) is 13.3. The molecule has 132 valence electrons. The molecule has 1 atom stereocenters. The number of anilines is 1. The first kappa shape index (κ1) is 17.0. The highest BCUT2D eigenvalue weighted by molar-refractivity contribution is 7.92. The summed E-state index contributed by atoms with van der Waals surface area (Å²) in [5.41, 5.74) is 0.679. The molecule has 0 bridgehead atoms. The number of carbonyl (C=O) groups excluding carboxylic acids is 1. The lowest BCUT2D eigenvalue weighted by Gasteiger charge is -2.20. The van der Waals surface area contributed by atoms with E-state index in [0.29, 0.717) is 34.2 Å². The van der Waals surface area contributed by atoms with Gasteiger partial charge in [0.05, 0.1) is 0 Å². The zero-order valence-corrected chi connectivity index (χ0v) is 14.1. The van der Waals surface area contributed by atoms with Gasteiger partial charge in [-0.05, 0) is 62.4 Å². The number of nitrogens with zero attached hydrogens (tertiary/aromatic N) is 1. The lowest BCUT2D eigenvalue weighted by atomic mass is 10.00. The van der Waals surface area contributed by atoms with E-state index in [-0.39, 0.29) is 0 Å². The van der Waals surface area contributed by atoms with Crippen LogP contribution in [0, 0.1) is 11.7 Å². The van der Waals surface area contributed by atoms with Crippen molar-refractivity contribution in [1.29, 1.82) is 0 Å². The van der Waals surface area contributed by atoms with E-state index in [1.54, 1.807) is 4.72 Å². The molecule has 1 heterocycles. The van der Waals surface area contributed by atoms with Gasteiger partial charge >= 0.3 is 10.2 Å². The number of aryl methyl sites for hydroxylation is 1. The summed E-state index contributed by atoms with van der Waals surface area (Å²) in [5, 5.41) is 13.3. The van der Waals surface area contributed by atoms with Crippen LogP contribution in [0.2, 0.25) is 0 Å². The van der Waals surface area contributed by atoms with Crippen molar-refractivity contribution >= 4 is 21.8 Å². The minimum atomic E-state index is -4.17. The summed E-state index contributed by atoms with van der Waals surface area (Å²) in [4.78, 5) is 11.4. The second kappa shape index (κ2) is 6.21. The Morgan fingerprint density at radius 2 is 2.12 bits per heavy atom. The predicted octanol–water partition coefficient (Wildman–Crippen LogP) is 0.427. The van der Waals surface area contributed by atoms with Crippen LogP contribution in [0.15, 0.2) is 6.07 Å². The number of aromatic hydroxyl groups is 1. The third-order valence-electron chi connectivity index (χ3n) is 4.60. The normalized spacial score (nSPS) is 22.8. The summed E-state index contributed by atoms with van der Waals surface area (Å²) in [6.45, 7) is 0.293. The molecule has 9 heteroatoms. The van der Waals surface area contributed by atoms with Gasteiger partial charge in [-0.2, -0.15) is 8.42 Å². The van der Waals surface area contributed by atoms with Crippen molar-refractivity contribution in [3.05, 3.63) is 23.0 Å². The van der Waals surface area contributed by atoms with Crippen LogP contribution in [0.4, 0.5) is 10.1 Å². The second-order valence-corrected chi connectivity index (χ2v) is 7.83. The number of hydrogen-bond donors (Lipinski definition) is 3. The van der Waals surface area contributed by atoms with Gasteiger partial charge in [-0.3, -0.25) is 4.79 Å². The Balaban J connectivity index is 2.02. The number of amides is 1. The molecule has 7 nitrogen and oxygen atoms in total. The third-order valence-corrected chi connectivity index (χ3v) is 5.98. The van der Waals surface area contributed by atoms with E-state index in [0.717, 1.165) is 19.4 Å². The Bertz CT molecular complexity index is 781. The van der Waals surface area contributed by atoms with Crippen molar-refractivity contribution in [3.63, 3.8) is 0 Å². The van der Waals surface area contributed by atoms with Gasteiger partial charge in [-0.1, -0.05) is 0 Å². The molecule has 1 aromatic rings. The van der Waals surface area contributed by atoms with Crippen LogP contribution in [0.25, 0.3) is 0 Å². The number of rotatable bonds is 3. The van der Waals surface area contributed by atoms with Crippen molar-refractivity contribution in [1.82, 2.24) is 10.0 Å². The molecule has 0 saturated carbocycles. The van der Waals surface area contributed by atoms with E-state index in [1.807, 2.05) is 7.05 Å². The van der Waals surface area contributed by atoms with Crippen molar-refractivity contribution < 1.29 is 22.7 Å². The van der Waals surface area contributed by atoms with Gasteiger partial charge in [0.15, 0.2) is 5.82 Å². The molecule has 1 fully saturated rings. The first-order chi connectivity index (χ1) is 11.3. The molecule has 1 amide bonds. The van der Waals surface area contributed by atoms with Crippen LogP contribution in [0.5, 0.6) is 5.75 Å². The number of phenolic OH excluding ortho intramolecular Hbond substituents is 1. The van der Waals surface area contributed by atoms with Crippen molar-refractivity contribution in [2.45, 2.75) is 25.7 Å². The highest BCUT2D eigenvalue weighted by Crippen LogP contribution is 2.39. The maximum atomic E-state index is 15.0. The molecule has 0 aromatic heterocycles. The molecule has 0 radical (unpaired) electrons. The third kappa shape index (κ3) is 2.93. The van der Waals surface area contributed by atoms with E-state index in [1.165, 1.54) is 6.07 Å². The number of phenols is 1. The molecule has 2 aliphatic rings. The van der Waals surface area contributed by atoms with Gasteiger partial charge in [0.2, 0.25) is 0 Å². The van der Waals surface area contributed by atoms with E-state index in [2.05, 4.69) is 5.32 Å². The SMILES string of the molecule is CNC[C@@H]1CCc2cc(O)c(N3CC(=O)NS3(=O)=O)c(F)c2CC1. The fourth-order valence-corrected chi connectivity index (χ4v) is 4.60. The topological polar surface area (TPSA) is 98.7 Å². The quantitative estimate of drug-likeness (QED) is 0.682. The van der Waals surface area contributed by atoms with Crippen molar-refractivity contribution in [2.75, 3.05) is 24.4 Å².